The van der Waals surface area contributed by atoms with Gasteiger partial charge in [0.2, 0.25) is 5.91 Å². The summed E-state index contributed by atoms with van der Waals surface area (Å²) in [5, 5.41) is 5.35. The molecular formula is C22H23N3O2. The molecule has 0 aliphatic rings. The molecule has 0 spiro atoms. The van der Waals surface area contributed by atoms with E-state index in [9.17, 15) is 9.59 Å². The normalized spacial score (nSPS) is 11.8. The zero-order valence-electron chi connectivity index (χ0n) is 15.2. The predicted molar refractivity (Wildman–Crippen MR) is 107 cm³/mol. The molecule has 3 rings (SSSR count). The molecule has 138 valence electrons. The molecule has 0 aliphatic heterocycles. The van der Waals surface area contributed by atoms with Gasteiger partial charge in [0.15, 0.2) is 0 Å². The number of nitrogens with two attached hydrogens (primary N) is 1. The van der Waals surface area contributed by atoms with Crippen molar-refractivity contribution >= 4 is 22.6 Å². The average molecular weight is 361 g/mol. The van der Waals surface area contributed by atoms with Crippen LogP contribution in [0.5, 0.6) is 0 Å². The fraction of sp³-hybridized carbons (Fsp3) is 0.182. The van der Waals surface area contributed by atoms with E-state index in [1.165, 1.54) is 0 Å². The Kier molecular flexibility index (Phi) is 5.84. The van der Waals surface area contributed by atoms with Gasteiger partial charge in [-0.15, -0.1) is 0 Å². The molecule has 1 atom stereocenters. The highest BCUT2D eigenvalue weighted by Gasteiger charge is 2.16. The number of fused-ring (bicyclic) bond motifs is 1. The summed E-state index contributed by atoms with van der Waals surface area (Å²) in [7, 11) is 0. The van der Waals surface area contributed by atoms with Crippen molar-refractivity contribution in [3.63, 3.8) is 0 Å². The molecule has 0 fully saturated rings. The maximum atomic E-state index is 12.9. The van der Waals surface area contributed by atoms with E-state index in [1.807, 2.05) is 49.4 Å². The number of hydrazine groups is 1. The van der Waals surface area contributed by atoms with Crippen LogP contribution >= 0.6 is 0 Å². The van der Waals surface area contributed by atoms with Gasteiger partial charge < -0.3 is 5.32 Å². The number of carbonyl (C=O) groups is 2. The second-order valence-corrected chi connectivity index (χ2v) is 6.49. The highest BCUT2D eigenvalue weighted by Crippen LogP contribution is 2.24. The van der Waals surface area contributed by atoms with Crippen LogP contribution in [0.3, 0.4) is 0 Å². The average Bonchev–Trinajstić information content (AvgIpc) is 2.71. The Balaban J connectivity index is 1.80. The lowest BCUT2D eigenvalue weighted by atomic mass is 9.98. The molecule has 3 aromatic carbocycles. The number of nitrogens with one attached hydrogen (secondary N) is 2. The monoisotopic (exact) mass is 361 g/mol. The lowest BCUT2D eigenvalue weighted by Gasteiger charge is -2.18. The summed E-state index contributed by atoms with van der Waals surface area (Å²) in [5.41, 5.74) is 4.59. The number of benzene rings is 3. The number of hydrogen-bond donors (Lipinski definition) is 3. The summed E-state index contributed by atoms with van der Waals surface area (Å²) in [5.74, 6) is 4.72. The molecule has 0 aromatic heterocycles. The lowest BCUT2D eigenvalue weighted by molar-refractivity contribution is -0.121. The SMILES string of the molecule is CC(NC(=O)c1ccccc1CCC(=O)NN)c1cccc2ccccc12. The van der Waals surface area contributed by atoms with E-state index >= 15 is 0 Å². The third-order valence-electron chi connectivity index (χ3n) is 4.68. The van der Waals surface area contributed by atoms with E-state index in [0.29, 0.717) is 12.0 Å². The Labute approximate surface area is 158 Å². The first kappa shape index (κ1) is 18.6. The van der Waals surface area contributed by atoms with E-state index in [2.05, 4.69) is 28.9 Å². The van der Waals surface area contributed by atoms with Gasteiger partial charge in [-0.1, -0.05) is 60.7 Å². The zero-order chi connectivity index (χ0) is 19.2. The Morgan fingerprint density at radius 2 is 1.67 bits per heavy atom. The number of hydrogen-bond acceptors (Lipinski definition) is 3. The van der Waals surface area contributed by atoms with Gasteiger partial charge in [-0.25, -0.2) is 5.84 Å². The number of amides is 2. The highest BCUT2D eigenvalue weighted by molar-refractivity contribution is 5.96. The van der Waals surface area contributed by atoms with Crippen molar-refractivity contribution < 1.29 is 9.59 Å². The van der Waals surface area contributed by atoms with Gasteiger partial charge in [-0.3, -0.25) is 15.0 Å². The van der Waals surface area contributed by atoms with E-state index in [4.69, 9.17) is 5.84 Å². The maximum Gasteiger partial charge on any atom is 0.252 e. The number of rotatable bonds is 6. The predicted octanol–water partition coefficient (Wildman–Crippen LogP) is 3.25. The molecule has 3 aromatic rings. The van der Waals surface area contributed by atoms with Gasteiger partial charge in [0.05, 0.1) is 6.04 Å². The van der Waals surface area contributed by atoms with Crippen LogP contribution in [0.4, 0.5) is 0 Å². The molecule has 0 saturated heterocycles. The van der Waals surface area contributed by atoms with E-state index in [-0.39, 0.29) is 24.3 Å². The summed E-state index contributed by atoms with van der Waals surface area (Å²) in [6, 6.07) is 21.4. The maximum absolute atomic E-state index is 12.9. The standard InChI is InChI=1S/C22H23N3O2/c1-15(18-12-6-9-16-7-2-4-10-19(16)18)24-22(27)20-11-5-3-8-17(20)13-14-21(26)25-23/h2-12,15H,13-14,23H2,1H3,(H,24,27)(H,25,26). The summed E-state index contributed by atoms with van der Waals surface area (Å²) in [6.45, 7) is 1.98. The zero-order valence-corrected chi connectivity index (χ0v) is 15.2. The minimum atomic E-state index is -0.255. The fourth-order valence-corrected chi connectivity index (χ4v) is 3.26. The Bertz CT molecular complexity index is 963. The number of carbonyl (C=O) groups excluding carboxylic acids is 2. The molecule has 0 aliphatic carbocycles. The molecule has 0 bridgehead atoms. The Morgan fingerprint density at radius 3 is 2.48 bits per heavy atom. The van der Waals surface area contributed by atoms with Gasteiger partial charge in [-0.05, 0) is 41.3 Å². The van der Waals surface area contributed by atoms with Crippen LogP contribution in [0.1, 0.15) is 40.9 Å². The molecule has 5 heteroatoms. The third-order valence-corrected chi connectivity index (χ3v) is 4.68. The smallest absolute Gasteiger partial charge is 0.252 e. The molecule has 1 unspecified atom stereocenters. The molecule has 0 heterocycles. The molecule has 0 saturated carbocycles. The second-order valence-electron chi connectivity index (χ2n) is 6.49. The van der Waals surface area contributed by atoms with Crippen molar-refractivity contribution in [3.8, 4) is 0 Å². The van der Waals surface area contributed by atoms with Crippen LogP contribution < -0.4 is 16.6 Å². The first-order chi connectivity index (χ1) is 13.1. The van der Waals surface area contributed by atoms with Crippen molar-refractivity contribution in [1.29, 1.82) is 0 Å². The molecule has 2 amide bonds. The van der Waals surface area contributed by atoms with Crippen molar-refractivity contribution in [1.82, 2.24) is 10.7 Å². The lowest BCUT2D eigenvalue weighted by Crippen LogP contribution is -2.30. The summed E-state index contributed by atoms with van der Waals surface area (Å²) in [4.78, 5) is 24.3. The van der Waals surface area contributed by atoms with Crippen molar-refractivity contribution in [2.75, 3.05) is 0 Å². The van der Waals surface area contributed by atoms with Crippen LogP contribution in [0.25, 0.3) is 10.8 Å². The summed E-state index contributed by atoms with van der Waals surface area (Å²) >= 11 is 0. The van der Waals surface area contributed by atoms with E-state index in [1.54, 1.807) is 6.07 Å². The minimum Gasteiger partial charge on any atom is -0.345 e. The summed E-state index contributed by atoms with van der Waals surface area (Å²) < 4.78 is 0. The highest BCUT2D eigenvalue weighted by atomic mass is 16.2. The van der Waals surface area contributed by atoms with Gasteiger partial charge in [-0.2, -0.15) is 0 Å². The van der Waals surface area contributed by atoms with Gasteiger partial charge in [0.25, 0.3) is 5.91 Å². The van der Waals surface area contributed by atoms with Gasteiger partial charge in [0, 0.05) is 12.0 Å². The molecule has 5 nitrogen and oxygen atoms in total. The summed E-state index contributed by atoms with van der Waals surface area (Å²) in [6.07, 6.45) is 0.689. The first-order valence-electron chi connectivity index (χ1n) is 8.96. The topological polar surface area (TPSA) is 84.2 Å². The van der Waals surface area contributed by atoms with Gasteiger partial charge >= 0.3 is 0 Å². The Morgan fingerprint density at radius 1 is 0.963 bits per heavy atom. The number of aryl methyl sites for hydroxylation is 1. The quantitative estimate of drug-likeness (QED) is 0.358. The van der Waals surface area contributed by atoms with Gasteiger partial charge in [0.1, 0.15) is 0 Å². The molecule has 4 N–H and O–H groups in total. The van der Waals surface area contributed by atoms with Crippen LogP contribution in [-0.2, 0) is 11.2 Å². The van der Waals surface area contributed by atoms with Crippen LogP contribution in [-0.4, -0.2) is 11.8 Å². The molecule has 0 radical (unpaired) electrons. The van der Waals surface area contributed by atoms with Crippen LogP contribution in [0.15, 0.2) is 66.7 Å². The largest absolute Gasteiger partial charge is 0.345 e. The molecule has 27 heavy (non-hydrogen) atoms. The van der Waals surface area contributed by atoms with E-state index < -0.39 is 0 Å². The van der Waals surface area contributed by atoms with Crippen molar-refractivity contribution in [3.05, 3.63) is 83.4 Å². The third kappa shape index (κ3) is 4.33. The fourth-order valence-electron chi connectivity index (χ4n) is 3.26. The van der Waals surface area contributed by atoms with Crippen molar-refractivity contribution in [2.45, 2.75) is 25.8 Å². The van der Waals surface area contributed by atoms with Crippen molar-refractivity contribution in [2.24, 2.45) is 5.84 Å². The van der Waals surface area contributed by atoms with Crippen LogP contribution in [0.2, 0.25) is 0 Å². The first-order valence-corrected chi connectivity index (χ1v) is 8.96. The van der Waals surface area contributed by atoms with E-state index in [0.717, 1.165) is 21.9 Å². The second kappa shape index (κ2) is 8.47. The Hall–Kier alpha value is -3.18. The minimum absolute atomic E-state index is 0.149. The van der Waals surface area contributed by atoms with Crippen LogP contribution in [0, 0.1) is 0 Å². The molecular weight excluding hydrogens is 338 g/mol.